The van der Waals surface area contributed by atoms with E-state index in [1.54, 1.807) is 6.20 Å². The predicted molar refractivity (Wildman–Crippen MR) is 85.3 cm³/mol. The molecule has 0 aromatic carbocycles. The Labute approximate surface area is 126 Å². The average molecular weight is 287 g/mol. The summed E-state index contributed by atoms with van der Waals surface area (Å²) in [5, 5.41) is 3.48. The van der Waals surface area contributed by atoms with Gasteiger partial charge in [0.25, 0.3) is 0 Å². The Morgan fingerprint density at radius 3 is 2.24 bits per heavy atom. The number of aryl methyl sites for hydroxylation is 3. The Morgan fingerprint density at radius 2 is 1.76 bits per heavy atom. The molecule has 0 amide bonds. The van der Waals surface area contributed by atoms with Gasteiger partial charge in [-0.2, -0.15) is 0 Å². The van der Waals surface area contributed by atoms with Crippen LogP contribution in [0.3, 0.4) is 0 Å². The van der Waals surface area contributed by atoms with Crippen molar-refractivity contribution in [3.8, 4) is 11.6 Å². The Balaban J connectivity index is 2.31. The first-order chi connectivity index (χ1) is 9.90. The highest BCUT2D eigenvalue weighted by molar-refractivity contribution is 5.46. The molecule has 2 aromatic rings. The van der Waals surface area contributed by atoms with Crippen LogP contribution in [0.2, 0.25) is 0 Å². The van der Waals surface area contributed by atoms with E-state index in [1.807, 2.05) is 17.8 Å². The van der Waals surface area contributed by atoms with E-state index < -0.39 is 0 Å². The Hall–Kier alpha value is -1.75. The lowest BCUT2D eigenvalue weighted by atomic mass is 9.97. The van der Waals surface area contributed by atoms with Crippen molar-refractivity contribution in [3.05, 3.63) is 29.3 Å². The normalized spacial score (nSPS) is 12.9. The van der Waals surface area contributed by atoms with Crippen molar-refractivity contribution in [1.29, 1.82) is 0 Å². The number of nitrogens with zero attached hydrogens (tertiary/aromatic N) is 4. The van der Waals surface area contributed by atoms with Gasteiger partial charge < -0.3 is 9.88 Å². The fourth-order valence-corrected chi connectivity index (χ4v) is 2.63. The first kappa shape index (κ1) is 15.6. The maximum absolute atomic E-state index is 4.66. The van der Waals surface area contributed by atoms with E-state index in [2.05, 4.69) is 54.9 Å². The van der Waals surface area contributed by atoms with Gasteiger partial charge in [0.15, 0.2) is 11.6 Å². The number of hydrogen-bond acceptors (Lipinski definition) is 4. The lowest BCUT2D eigenvalue weighted by Gasteiger charge is -2.19. The zero-order chi connectivity index (χ0) is 15.6. The molecule has 5 heteroatoms. The maximum atomic E-state index is 4.66. The second-order valence-electron chi connectivity index (χ2n) is 5.96. The van der Waals surface area contributed by atoms with Crippen LogP contribution < -0.4 is 5.32 Å². The summed E-state index contributed by atoms with van der Waals surface area (Å²) in [6.45, 7) is 11.6. The molecule has 0 spiro atoms. The fraction of sp³-hybridized carbons (Fsp3) is 0.562. The summed E-state index contributed by atoms with van der Waals surface area (Å²) in [5.74, 6) is 1.90. The molecule has 0 saturated carbocycles. The number of hydrogen-bond donors (Lipinski definition) is 1. The lowest BCUT2D eigenvalue weighted by Crippen LogP contribution is -2.27. The minimum atomic E-state index is 0.392. The van der Waals surface area contributed by atoms with E-state index in [-0.39, 0.29) is 0 Å². The number of nitrogens with one attached hydrogen (secondary N) is 1. The second kappa shape index (κ2) is 6.35. The highest BCUT2D eigenvalue weighted by atomic mass is 15.1. The Kier molecular flexibility index (Phi) is 4.73. The molecule has 0 fully saturated rings. The Morgan fingerprint density at radius 1 is 1.14 bits per heavy atom. The average Bonchev–Trinajstić information content (AvgIpc) is 2.81. The van der Waals surface area contributed by atoms with Crippen molar-refractivity contribution >= 4 is 0 Å². The number of aromatic nitrogens is 4. The molecule has 114 valence electrons. The van der Waals surface area contributed by atoms with Crippen LogP contribution in [0.15, 0.2) is 12.4 Å². The van der Waals surface area contributed by atoms with Gasteiger partial charge in [-0.1, -0.05) is 20.8 Å². The molecule has 1 atom stereocenters. The van der Waals surface area contributed by atoms with Crippen molar-refractivity contribution in [2.45, 2.75) is 46.6 Å². The van der Waals surface area contributed by atoms with Crippen LogP contribution in [-0.4, -0.2) is 32.1 Å². The molecule has 0 aliphatic heterocycles. The molecule has 0 saturated heterocycles. The summed E-state index contributed by atoms with van der Waals surface area (Å²) in [6.07, 6.45) is 3.68. The molecule has 0 radical (unpaired) electrons. The summed E-state index contributed by atoms with van der Waals surface area (Å²) in [7, 11) is 1.96. The second-order valence-corrected chi connectivity index (χ2v) is 5.96. The van der Waals surface area contributed by atoms with E-state index >= 15 is 0 Å². The van der Waals surface area contributed by atoms with Crippen LogP contribution in [0.25, 0.3) is 11.6 Å². The van der Waals surface area contributed by atoms with E-state index in [9.17, 15) is 0 Å². The van der Waals surface area contributed by atoms with Gasteiger partial charge in [0, 0.05) is 43.4 Å². The largest absolute Gasteiger partial charge is 0.331 e. The molecule has 2 aromatic heterocycles. The molecule has 2 rings (SSSR count). The summed E-state index contributed by atoms with van der Waals surface area (Å²) in [4.78, 5) is 13.7. The third-order valence-electron chi connectivity index (χ3n) is 3.67. The van der Waals surface area contributed by atoms with E-state index in [4.69, 9.17) is 0 Å². The van der Waals surface area contributed by atoms with Gasteiger partial charge in [0.05, 0.1) is 0 Å². The van der Waals surface area contributed by atoms with E-state index in [1.165, 1.54) is 5.56 Å². The fourth-order valence-electron chi connectivity index (χ4n) is 2.63. The van der Waals surface area contributed by atoms with E-state index in [0.717, 1.165) is 23.8 Å². The van der Waals surface area contributed by atoms with Gasteiger partial charge in [-0.05, 0) is 25.3 Å². The SMILES string of the molecule is Cc1nc(-c2nccn2C)nc(C)c1C(C)CNC(C)C. The minimum absolute atomic E-state index is 0.392. The standard InChI is InChI=1S/C16H25N5/c1-10(2)18-9-11(3)14-12(4)19-15(20-13(14)5)16-17-7-8-21(16)6/h7-8,10-11,18H,9H2,1-6H3. The smallest absolute Gasteiger partial charge is 0.196 e. The van der Waals surface area contributed by atoms with Crippen LogP contribution in [0.5, 0.6) is 0 Å². The van der Waals surface area contributed by atoms with Gasteiger partial charge in [-0.15, -0.1) is 0 Å². The minimum Gasteiger partial charge on any atom is -0.331 e. The van der Waals surface area contributed by atoms with Crippen LogP contribution in [0, 0.1) is 13.8 Å². The maximum Gasteiger partial charge on any atom is 0.196 e. The van der Waals surface area contributed by atoms with Crippen molar-refractivity contribution < 1.29 is 0 Å². The molecule has 1 unspecified atom stereocenters. The monoisotopic (exact) mass is 287 g/mol. The van der Waals surface area contributed by atoms with Gasteiger partial charge in [-0.3, -0.25) is 0 Å². The molecule has 2 heterocycles. The zero-order valence-corrected chi connectivity index (χ0v) is 13.8. The highest BCUT2D eigenvalue weighted by Gasteiger charge is 2.17. The molecule has 1 N–H and O–H groups in total. The van der Waals surface area contributed by atoms with Gasteiger partial charge in [-0.25, -0.2) is 15.0 Å². The van der Waals surface area contributed by atoms with E-state index in [0.29, 0.717) is 17.8 Å². The van der Waals surface area contributed by atoms with Crippen LogP contribution in [-0.2, 0) is 7.05 Å². The molecule has 0 aliphatic carbocycles. The summed E-state index contributed by atoms with van der Waals surface area (Å²) in [5.41, 5.74) is 3.32. The topological polar surface area (TPSA) is 55.6 Å². The number of imidazole rings is 1. The zero-order valence-electron chi connectivity index (χ0n) is 13.8. The van der Waals surface area contributed by atoms with Crippen molar-refractivity contribution in [2.75, 3.05) is 6.54 Å². The lowest BCUT2D eigenvalue weighted by molar-refractivity contribution is 0.543. The van der Waals surface area contributed by atoms with Crippen molar-refractivity contribution in [2.24, 2.45) is 7.05 Å². The molecule has 0 bridgehead atoms. The van der Waals surface area contributed by atoms with Gasteiger partial charge in [0.1, 0.15) is 0 Å². The molecule has 5 nitrogen and oxygen atoms in total. The number of rotatable bonds is 5. The quantitative estimate of drug-likeness (QED) is 0.918. The van der Waals surface area contributed by atoms with Gasteiger partial charge in [0.2, 0.25) is 0 Å². The van der Waals surface area contributed by atoms with Crippen LogP contribution >= 0.6 is 0 Å². The molecular formula is C16H25N5. The summed E-state index contributed by atoms with van der Waals surface area (Å²) >= 11 is 0. The first-order valence-corrected chi connectivity index (χ1v) is 7.46. The molecule has 21 heavy (non-hydrogen) atoms. The van der Waals surface area contributed by atoms with Gasteiger partial charge >= 0.3 is 0 Å². The first-order valence-electron chi connectivity index (χ1n) is 7.46. The van der Waals surface area contributed by atoms with Crippen LogP contribution in [0.1, 0.15) is 43.6 Å². The predicted octanol–water partition coefficient (Wildman–Crippen LogP) is 2.60. The van der Waals surface area contributed by atoms with Crippen molar-refractivity contribution in [3.63, 3.8) is 0 Å². The summed E-state index contributed by atoms with van der Waals surface area (Å²) < 4.78 is 1.94. The van der Waals surface area contributed by atoms with Crippen LogP contribution in [0.4, 0.5) is 0 Å². The molecular weight excluding hydrogens is 262 g/mol. The third kappa shape index (κ3) is 3.47. The Bertz CT molecular complexity index is 592. The molecule has 0 aliphatic rings. The highest BCUT2D eigenvalue weighted by Crippen LogP contribution is 2.23. The third-order valence-corrected chi connectivity index (χ3v) is 3.67. The summed E-state index contributed by atoms with van der Waals surface area (Å²) in [6, 6.07) is 0.487. The van der Waals surface area contributed by atoms with Crippen molar-refractivity contribution in [1.82, 2.24) is 24.8 Å².